The number of anilines is 1. The molecule has 28 heavy (non-hydrogen) atoms. The lowest BCUT2D eigenvalue weighted by Gasteiger charge is -2.14. The Balaban J connectivity index is 1.98. The van der Waals surface area contributed by atoms with Crippen LogP contribution in [0.15, 0.2) is 48.5 Å². The van der Waals surface area contributed by atoms with Crippen molar-refractivity contribution in [1.29, 1.82) is 0 Å². The van der Waals surface area contributed by atoms with Crippen molar-refractivity contribution in [3.8, 4) is 17.2 Å². The van der Waals surface area contributed by atoms with E-state index in [2.05, 4.69) is 10.1 Å². The van der Waals surface area contributed by atoms with E-state index in [1.165, 1.54) is 7.11 Å². The predicted octanol–water partition coefficient (Wildman–Crippen LogP) is 3.73. The third-order valence-corrected chi connectivity index (χ3v) is 3.81. The molecule has 1 amide bonds. The van der Waals surface area contributed by atoms with E-state index in [0.29, 0.717) is 42.4 Å². The van der Waals surface area contributed by atoms with Crippen LogP contribution >= 0.6 is 0 Å². The minimum Gasteiger partial charge on any atom is -0.491 e. The number of methoxy groups -OCH3 is 1. The van der Waals surface area contributed by atoms with Crippen LogP contribution in [0, 0.1) is 0 Å². The molecule has 0 atom stereocenters. The third kappa shape index (κ3) is 7.11. The molecular weight excluding hydrogens is 362 g/mol. The standard InChI is InChI=1S/C21H23NO6/c1-26-21(25)10-6-3-7-13-27-19-14-17(28-16-8-4-2-5-9-16)11-12-18(19)22-20(24)15-23/h2,4-5,8-9,11-12,14-15H,3,6-7,10,13H2,1H3,(H,22,24). The van der Waals surface area contributed by atoms with Gasteiger partial charge in [-0.25, -0.2) is 0 Å². The second-order valence-corrected chi connectivity index (χ2v) is 5.92. The molecule has 0 aliphatic rings. The number of unbranched alkanes of at least 4 members (excludes halogenated alkanes) is 2. The van der Waals surface area contributed by atoms with Gasteiger partial charge in [0.15, 0.2) is 0 Å². The average molecular weight is 385 g/mol. The molecule has 7 nitrogen and oxygen atoms in total. The quantitative estimate of drug-likeness (QED) is 0.274. The second kappa shape index (κ2) is 11.4. The van der Waals surface area contributed by atoms with Crippen LogP contribution in [0.25, 0.3) is 0 Å². The van der Waals surface area contributed by atoms with E-state index in [1.807, 2.05) is 30.3 Å². The zero-order chi connectivity index (χ0) is 20.2. The Morgan fingerprint density at radius 1 is 1.00 bits per heavy atom. The number of esters is 1. The molecule has 0 unspecified atom stereocenters. The van der Waals surface area contributed by atoms with Gasteiger partial charge in [0.05, 0.1) is 19.4 Å². The lowest BCUT2D eigenvalue weighted by molar-refractivity contribution is -0.140. The molecule has 0 aliphatic heterocycles. The third-order valence-electron chi connectivity index (χ3n) is 3.81. The highest BCUT2D eigenvalue weighted by Gasteiger charge is 2.10. The molecule has 0 saturated carbocycles. The number of nitrogens with one attached hydrogen (secondary N) is 1. The summed E-state index contributed by atoms with van der Waals surface area (Å²) in [7, 11) is 1.37. The van der Waals surface area contributed by atoms with Crippen molar-refractivity contribution in [2.45, 2.75) is 25.7 Å². The smallest absolute Gasteiger partial charge is 0.305 e. The number of carbonyl (C=O) groups excluding carboxylic acids is 3. The van der Waals surface area contributed by atoms with Crippen molar-refractivity contribution in [2.75, 3.05) is 19.0 Å². The van der Waals surface area contributed by atoms with E-state index in [1.54, 1.807) is 18.2 Å². The molecule has 0 fully saturated rings. The lowest BCUT2D eigenvalue weighted by Crippen LogP contribution is -2.13. The normalized spacial score (nSPS) is 10.0. The summed E-state index contributed by atoms with van der Waals surface area (Å²) in [4.78, 5) is 33.1. The van der Waals surface area contributed by atoms with E-state index in [9.17, 15) is 14.4 Å². The van der Waals surface area contributed by atoms with Gasteiger partial charge < -0.3 is 19.5 Å². The van der Waals surface area contributed by atoms with Gasteiger partial charge >= 0.3 is 5.97 Å². The van der Waals surface area contributed by atoms with Crippen molar-refractivity contribution < 1.29 is 28.6 Å². The lowest BCUT2D eigenvalue weighted by atomic mass is 10.2. The van der Waals surface area contributed by atoms with E-state index >= 15 is 0 Å². The summed E-state index contributed by atoms with van der Waals surface area (Å²) in [5, 5.41) is 2.48. The molecule has 148 valence electrons. The maximum atomic E-state index is 11.4. The van der Waals surface area contributed by atoms with Gasteiger partial charge in [0.2, 0.25) is 6.29 Å². The minimum absolute atomic E-state index is 0.199. The Bertz CT molecular complexity index is 791. The fourth-order valence-corrected chi connectivity index (χ4v) is 2.41. The summed E-state index contributed by atoms with van der Waals surface area (Å²) in [6, 6.07) is 14.2. The van der Waals surface area contributed by atoms with Crippen molar-refractivity contribution in [3.63, 3.8) is 0 Å². The SMILES string of the molecule is COC(=O)CCCCCOc1cc(Oc2ccccc2)ccc1NC(=O)C=O. The Hall–Kier alpha value is -3.35. The molecule has 2 aromatic carbocycles. The zero-order valence-corrected chi connectivity index (χ0v) is 15.7. The first-order chi connectivity index (χ1) is 13.6. The molecule has 2 aromatic rings. The summed E-state index contributed by atoms with van der Waals surface area (Å²) < 4.78 is 16.1. The minimum atomic E-state index is -0.764. The number of carbonyl (C=O) groups is 3. The van der Waals surface area contributed by atoms with Crippen LogP contribution < -0.4 is 14.8 Å². The molecule has 2 rings (SSSR count). The first-order valence-corrected chi connectivity index (χ1v) is 8.95. The number of aldehydes is 1. The van der Waals surface area contributed by atoms with Crippen molar-refractivity contribution >= 4 is 23.9 Å². The Morgan fingerprint density at radius 3 is 2.50 bits per heavy atom. The molecule has 0 spiro atoms. The van der Waals surface area contributed by atoms with Gasteiger partial charge in [0.1, 0.15) is 17.2 Å². The van der Waals surface area contributed by atoms with Gasteiger partial charge in [0, 0.05) is 12.5 Å². The molecule has 1 N–H and O–H groups in total. The van der Waals surface area contributed by atoms with Gasteiger partial charge in [-0.2, -0.15) is 0 Å². The molecule has 0 heterocycles. The molecule has 0 saturated heterocycles. The van der Waals surface area contributed by atoms with E-state index < -0.39 is 5.91 Å². The monoisotopic (exact) mass is 385 g/mol. The highest BCUT2D eigenvalue weighted by Crippen LogP contribution is 2.32. The summed E-state index contributed by atoms with van der Waals surface area (Å²) in [5.41, 5.74) is 0.382. The topological polar surface area (TPSA) is 90.9 Å². The van der Waals surface area contributed by atoms with Crippen molar-refractivity contribution in [3.05, 3.63) is 48.5 Å². The predicted molar refractivity (Wildman–Crippen MR) is 104 cm³/mol. The van der Waals surface area contributed by atoms with Crippen LogP contribution in [0.5, 0.6) is 17.2 Å². The second-order valence-electron chi connectivity index (χ2n) is 5.92. The Labute approximate surface area is 163 Å². The van der Waals surface area contributed by atoms with Crippen LogP contribution in [0.3, 0.4) is 0 Å². The number of benzene rings is 2. The molecular formula is C21H23NO6. The Kier molecular flexibility index (Phi) is 8.52. The first-order valence-electron chi connectivity index (χ1n) is 8.95. The van der Waals surface area contributed by atoms with Crippen LogP contribution in [0.1, 0.15) is 25.7 Å². The number of hydrogen-bond donors (Lipinski definition) is 1. The number of rotatable bonds is 11. The molecule has 0 aliphatic carbocycles. The van der Waals surface area contributed by atoms with Crippen LogP contribution in [0.4, 0.5) is 5.69 Å². The Morgan fingerprint density at radius 2 is 1.79 bits per heavy atom. The summed E-state index contributed by atoms with van der Waals surface area (Å²) in [6.45, 7) is 0.389. The largest absolute Gasteiger partial charge is 0.491 e. The van der Waals surface area contributed by atoms with Gasteiger partial charge in [0.25, 0.3) is 5.91 Å². The van der Waals surface area contributed by atoms with Crippen molar-refractivity contribution in [1.82, 2.24) is 0 Å². The summed E-state index contributed by atoms with van der Waals surface area (Å²) >= 11 is 0. The van der Waals surface area contributed by atoms with Crippen LogP contribution in [-0.4, -0.2) is 31.9 Å². The maximum Gasteiger partial charge on any atom is 0.305 e. The maximum absolute atomic E-state index is 11.4. The van der Waals surface area contributed by atoms with E-state index in [4.69, 9.17) is 9.47 Å². The number of amides is 1. The molecule has 0 bridgehead atoms. The van der Waals surface area contributed by atoms with E-state index in [0.717, 1.165) is 12.8 Å². The number of para-hydroxylation sites is 1. The fraction of sp³-hybridized carbons (Fsp3) is 0.286. The van der Waals surface area contributed by atoms with Gasteiger partial charge in [-0.1, -0.05) is 18.2 Å². The molecule has 0 radical (unpaired) electrons. The summed E-state index contributed by atoms with van der Waals surface area (Å²) in [6.07, 6.45) is 2.80. The molecule has 7 heteroatoms. The average Bonchev–Trinajstić information content (AvgIpc) is 2.72. The van der Waals surface area contributed by atoms with Crippen LogP contribution in [0.2, 0.25) is 0 Å². The van der Waals surface area contributed by atoms with Crippen LogP contribution in [-0.2, 0) is 19.1 Å². The highest BCUT2D eigenvalue weighted by atomic mass is 16.5. The highest BCUT2D eigenvalue weighted by molar-refractivity contribution is 6.29. The first kappa shape index (κ1) is 21.0. The zero-order valence-electron chi connectivity index (χ0n) is 15.7. The number of ether oxygens (including phenoxy) is 3. The van der Waals surface area contributed by atoms with Crippen molar-refractivity contribution in [2.24, 2.45) is 0 Å². The van der Waals surface area contributed by atoms with Gasteiger partial charge in [-0.15, -0.1) is 0 Å². The number of hydrogen-bond acceptors (Lipinski definition) is 6. The fourth-order valence-electron chi connectivity index (χ4n) is 2.41. The molecule has 0 aromatic heterocycles. The van der Waals surface area contributed by atoms with E-state index in [-0.39, 0.29) is 12.3 Å². The summed E-state index contributed by atoms with van der Waals surface area (Å²) in [5.74, 6) is 0.610. The van der Waals surface area contributed by atoms with Gasteiger partial charge in [-0.05, 0) is 43.5 Å². The van der Waals surface area contributed by atoms with Gasteiger partial charge in [-0.3, -0.25) is 14.4 Å².